The van der Waals surface area contributed by atoms with Crippen molar-refractivity contribution in [3.8, 4) is 0 Å². The predicted octanol–water partition coefficient (Wildman–Crippen LogP) is 14.5. The van der Waals surface area contributed by atoms with Crippen LogP contribution in [0.4, 0.5) is 0 Å². The second kappa shape index (κ2) is 34.0. The molecule has 0 rings (SSSR count). The highest BCUT2D eigenvalue weighted by Crippen LogP contribution is 2.20. The van der Waals surface area contributed by atoms with Crippen molar-refractivity contribution in [3.05, 3.63) is 0 Å². The van der Waals surface area contributed by atoms with Crippen LogP contribution in [-0.2, 0) is 0 Å². The smallest absolute Gasteiger partial charge is 0.0443 e. The van der Waals surface area contributed by atoms with Crippen LogP contribution in [0.3, 0.4) is 0 Å². The lowest BCUT2D eigenvalue weighted by Gasteiger charge is -2.11. The lowest BCUT2D eigenvalue weighted by molar-refractivity contribution is 0.429. The Bertz CT molecular complexity index is 372. The molecule has 0 saturated carbocycles. The summed E-state index contributed by atoms with van der Waals surface area (Å²) in [5.74, 6) is 0.966. The summed E-state index contributed by atoms with van der Waals surface area (Å²) in [4.78, 5) is 0. The van der Waals surface area contributed by atoms with Gasteiger partial charge in [-0.2, -0.15) is 0 Å². The van der Waals surface area contributed by atoms with Gasteiger partial charge >= 0.3 is 0 Å². The minimum atomic E-state index is 0.966. The third-order valence-electron chi connectivity index (χ3n) is 8.85. The van der Waals surface area contributed by atoms with Gasteiger partial charge < -0.3 is 0 Å². The second-order valence-electron chi connectivity index (χ2n) is 12.9. The maximum absolute atomic E-state index is 2.51. The largest absolute Gasteiger partial charge is 0.0654 e. The van der Waals surface area contributed by atoms with Gasteiger partial charge in [0.25, 0.3) is 0 Å². The highest BCUT2D eigenvalue weighted by Gasteiger charge is 2.02. The van der Waals surface area contributed by atoms with Gasteiger partial charge in [0.15, 0.2) is 0 Å². The lowest BCUT2D eigenvalue weighted by atomic mass is 9.95. The van der Waals surface area contributed by atoms with Crippen LogP contribution in [0.15, 0.2) is 0 Å². The molecule has 0 bridgehead atoms. The summed E-state index contributed by atoms with van der Waals surface area (Å²) in [5.41, 5.74) is 0. The van der Waals surface area contributed by atoms with Crippen molar-refractivity contribution in [2.75, 3.05) is 0 Å². The van der Waals surface area contributed by atoms with Gasteiger partial charge in [-0.25, -0.2) is 0 Å². The Hall–Kier alpha value is 0. The number of unbranched alkanes of at least 4 members (excludes halogenated alkanes) is 29. The molecule has 0 saturated heterocycles. The van der Waals surface area contributed by atoms with Gasteiger partial charge in [0.1, 0.15) is 0 Å². The van der Waals surface area contributed by atoms with E-state index < -0.39 is 0 Å². The highest BCUT2D eigenvalue weighted by atomic mass is 14.1. The van der Waals surface area contributed by atoms with Crippen LogP contribution in [0.2, 0.25) is 0 Å². The van der Waals surface area contributed by atoms with E-state index in [2.05, 4.69) is 20.8 Å². The van der Waals surface area contributed by atoms with Crippen LogP contribution in [0.5, 0.6) is 0 Å². The van der Waals surface area contributed by atoms with Crippen LogP contribution in [0, 0.1) is 5.92 Å². The molecule has 0 aromatic heterocycles. The van der Waals surface area contributed by atoms with Crippen molar-refractivity contribution in [1.82, 2.24) is 0 Å². The minimum Gasteiger partial charge on any atom is -0.0654 e. The molecule has 0 fully saturated rings. The van der Waals surface area contributed by atoms with E-state index in [0.717, 1.165) is 5.92 Å². The minimum absolute atomic E-state index is 0.966. The van der Waals surface area contributed by atoms with Crippen molar-refractivity contribution in [3.63, 3.8) is 0 Å². The predicted molar refractivity (Wildman–Crippen MR) is 173 cm³/mol. The molecule has 224 valence electrons. The Morgan fingerprint density at radius 3 is 0.595 bits per heavy atom. The quantitative estimate of drug-likeness (QED) is 0.0754. The number of rotatable bonds is 33. The molecule has 0 aliphatic rings. The zero-order valence-corrected chi connectivity index (χ0v) is 26.9. The van der Waals surface area contributed by atoms with Gasteiger partial charge in [0, 0.05) is 0 Å². The summed E-state index contributed by atoms with van der Waals surface area (Å²) in [5, 5.41) is 0. The van der Waals surface area contributed by atoms with Crippen LogP contribution in [0.1, 0.15) is 233 Å². The van der Waals surface area contributed by atoms with E-state index in [1.807, 2.05) is 0 Å². The van der Waals surface area contributed by atoms with E-state index in [-0.39, 0.29) is 0 Å². The molecule has 1 unspecified atom stereocenters. The van der Waals surface area contributed by atoms with E-state index in [9.17, 15) is 0 Å². The maximum atomic E-state index is 2.51. The molecule has 1 atom stereocenters. The Morgan fingerprint density at radius 1 is 0.243 bits per heavy atom. The highest BCUT2D eigenvalue weighted by molar-refractivity contribution is 4.57. The first-order valence-electron chi connectivity index (χ1n) is 18.3. The molecule has 0 radical (unpaired) electrons. The monoisotopic (exact) mass is 521 g/mol. The Labute approximate surface area is 238 Å². The van der Waals surface area contributed by atoms with Crippen molar-refractivity contribution < 1.29 is 0 Å². The summed E-state index contributed by atoms with van der Waals surface area (Å²) in [6.07, 6.45) is 48.7. The first kappa shape index (κ1) is 37.0. The molecule has 0 N–H and O–H groups in total. The molecule has 0 heteroatoms. The first-order chi connectivity index (χ1) is 18.3. The summed E-state index contributed by atoms with van der Waals surface area (Å²) in [6.45, 7) is 7.13. The van der Waals surface area contributed by atoms with E-state index in [1.54, 1.807) is 0 Å². The molecule has 0 nitrogen and oxygen atoms in total. The van der Waals surface area contributed by atoms with Crippen LogP contribution >= 0.6 is 0 Å². The van der Waals surface area contributed by atoms with E-state index >= 15 is 0 Å². The maximum Gasteiger partial charge on any atom is -0.0443 e. The fourth-order valence-corrected chi connectivity index (χ4v) is 6.05. The normalized spacial score (nSPS) is 12.4. The van der Waals surface area contributed by atoms with E-state index in [0.29, 0.717) is 0 Å². The van der Waals surface area contributed by atoms with Gasteiger partial charge in [0.05, 0.1) is 0 Å². The van der Waals surface area contributed by atoms with Crippen LogP contribution < -0.4 is 0 Å². The average molecular weight is 521 g/mol. The molecular formula is C37H76. The van der Waals surface area contributed by atoms with Crippen LogP contribution in [-0.4, -0.2) is 0 Å². The average Bonchev–Trinajstić information content (AvgIpc) is 2.90. The third-order valence-corrected chi connectivity index (χ3v) is 8.85. The molecule has 0 heterocycles. The molecule has 0 aliphatic heterocycles. The lowest BCUT2D eigenvalue weighted by Crippen LogP contribution is -1.95. The van der Waals surface area contributed by atoms with Crippen molar-refractivity contribution in [2.24, 2.45) is 5.92 Å². The van der Waals surface area contributed by atoms with Crippen LogP contribution in [0.25, 0.3) is 0 Å². The molecule has 0 spiro atoms. The molecule has 0 aromatic carbocycles. The second-order valence-corrected chi connectivity index (χ2v) is 12.9. The van der Waals surface area contributed by atoms with E-state index in [4.69, 9.17) is 0 Å². The standard InChI is InChI=1S/C37H76/c1-4-6-8-10-12-14-16-18-20-22-24-26-28-30-32-34-36-37(3)35-33-31-29-27-25-23-21-19-17-15-13-11-9-7-5-2/h37H,4-36H2,1-3H3. The zero-order chi connectivity index (χ0) is 26.9. The fraction of sp³-hybridized carbons (Fsp3) is 1.00. The summed E-state index contributed by atoms with van der Waals surface area (Å²) >= 11 is 0. The topological polar surface area (TPSA) is 0 Å². The van der Waals surface area contributed by atoms with Crippen molar-refractivity contribution in [2.45, 2.75) is 233 Å². The Morgan fingerprint density at radius 2 is 0.405 bits per heavy atom. The fourth-order valence-electron chi connectivity index (χ4n) is 6.05. The number of hydrogen-bond acceptors (Lipinski definition) is 0. The zero-order valence-electron chi connectivity index (χ0n) is 26.9. The van der Waals surface area contributed by atoms with Gasteiger partial charge in [-0.05, 0) is 5.92 Å². The molecule has 0 amide bonds. The summed E-state index contributed by atoms with van der Waals surface area (Å²) in [6, 6.07) is 0. The van der Waals surface area contributed by atoms with Crippen molar-refractivity contribution in [1.29, 1.82) is 0 Å². The Kier molecular flexibility index (Phi) is 34.0. The van der Waals surface area contributed by atoms with Gasteiger partial charge in [0.2, 0.25) is 0 Å². The van der Waals surface area contributed by atoms with Crippen molar-refractivity contribution >= 4 is 0 Å². The third kappa shape index (κ3) is 34.0. The molecule has 0 aliphatic carbocycles. The van der Waals surface area contributed by atoms with Gasteiger partial charge in [-0.15, -0.1) is 0 Å². The van der Waals surface area contributed by atoms with E-state index in [1.165, 1.54) is 212 Å². The molecular weight excluding hydrogens is 444 g/mol. The summed E-state index contributed by atoms with van der Waals surface area (Å²) < 4.78 is 0. The number of hydrogen-bond donors (Lipinski definition) is 0. The van der Waals surface area contributed by atoms with Gasteiger partial charge in [-0.1, -0.05) is 233 Å². The molecule has 37 heavy (non-hydrogen) atoms. The first-order valence-corrected chi connectivity index (χ1v) is 18.3. The SMILES string of the molecule is CCCCCCCCCCCCCCCCCCC(C)CCCCCCCCCCCCCCCCC. The summed E-state index contributed by atoms with van der Waals surface area (Å²) in [7, 11) is 0. The van der Waals surface area contributed by atoms with Gasteiger partial charge in [-0.3, -0.25) is 0 Å². The Balaban J connectivity index is 3.13. The molecule has 0 aromatic rings.